The molecule has 108 valence electrons. The van der Waals surface area contributed by atoms with E-state index in [0.29, 0.717) is 13.0 Å². The highest BCUT2D eigenvalue weighted by Gasteiger charge is 2.23. The quantitative estimate of drug-likeness (QED) is 0.796. The van der Waals surface area contributed by atoms with Gasteiger partial charge in [0, 0.05) is 16.9 Å². The number of benzene rings is 1. The van der Waals surface area contributed by atoms with Crippen LogP contribution in [-0.2, 0) is 18.3 Å². The minimum Gasteiger partial charge on any atom is -0.493 e. The third-order valence-corrected chi connectivity index (χ3v) is 4.77. The molecule has 0 saturated carbocycles. The summed E-state index contributed by atoms with van der Waals surface area (Å²) in [5.41, 5.74) is 3.43. The molecule has 2 aromatic rings. The SMILES string of the molecule is CC(C)(C)c1ccc2c(c1)-c1nc(CC#N)sc1CCO2. The average molecular weight is 298 g/mol. The van der Waals surface area contributed by atoms with Crippen LogP contribution in [0.25, 0.3) is 11.3 Å². The summed E-state index contributed by atoms with van der Waals surface area (Å²) >= 11 is 1.64. The molecule has 0 spiro atoms. The number of ether oxygens (including phenoxy) is 1. The van der Waals surface area contributed by atoms with Crippen molar-refractivity contribution in [2.24, 2.45) is 0 Å². The van der Waals surface area contributed by atoms with Crippen LogP contribution in [0.1, 0.15) is 36.2 Å². The summed E-state index contributed by atoms with van der Waals surface area (Å²) in [6, 6.07) is 8.56. The minimum absolute atomic E-state index is 0.0903. The summed E-state index contributed by atoms with van der Waals surface area (Å²) in [6.07, 6.45) is 1.24. The number of thiazole rings is 1. The Bertz CT molecular complexity index is 719. The van der Waals surface area contributed by atoms with E-state index in [1.807, 2.05) is 6.07 Å². The van der Waals surface area contributed by atoms with E-state index in [9.17, 15) is 0 Å². The zero-order valence-corrected chi connectivity index (χ0v) is 13.4. The second-order valence-corrected chi connectivity index (χ2v) is 7.44. The summed E-state index contributed by atoms with van der Waals surface area (Å²) in [6.45, 7) is 7.28. The maximum atomic E-state index is 8.87. The zero-order valence-electron chi connectivity index (χ0n) is 12.6. The lowest BCUT2D eigenvalue weighted by molar-refractivity contribution is 0.327. The van der Waals surface area contributed by atoms with Gasteiger partial charge in [0.25, 0.3) is 0 Å². The van der Waals surface area contributed by atoms with Gasteiger partial charge >= 0.3 is 0 Å². The highest BCUT2D eigenvalue weighted by atomic mass is 32.1. The van der Waals surface area contributed by atoms with Gasteiger partial charge in [0.2, 0.25) is 0 Å². The Morgan fingerprint density at radius 3 is 2.90 bits per heavy atom. The summed E-state index contributed by atoms with van der Waals surface area (Å²) < 4.78 is 5.86. The Balaban J connectivity index is 2.15. The average Bonchev–Trinajstić information content (AvgIpc) is 2.73. The second-order valence-electron chi connectivity index (χ2n) is 6.27. The molecule has 4 heteroatoms. The van der Waals surface area contributed by atoms with Gasteiger partial charge in [-0.2, -0.15) is 5.26 Å². The molecule has 1 aliphatic rings. The molecule has 3 rings (SSSR count). The van der Waals surface area contributed by atoms with Crippen LogP contribution in [0.15, 0.2) is 18.2 Å². The van der Waals surface area contributed by atoms with E-state index < -0.39 is 0 Å². The summed E-state index contributed by atoms with van der Waals surface area (Å²) in [7, 11) is 0. The van der Waals surface area contributed by atoms with E-state index >= 15 is 0 Å². The van der Waals surface area contributed by atoms with Crippen molar-refractivity contribution in [2.45, 2.75) is 39.0 Å². The van der Waals surface area contributed by atoms with E-state index in [1.54, 1.807) is 11.3 Å². The lowest BCUT2D eigenvalue weighted by Gasteiger charge is -2.20. The normalized spacial score (nSPS) is 13.6. The third-order valence-electron chi connectivity index (χ3n) is 3.66. The number of nitriles is 1. The van der Waals surface area contributed by atoms with Crippen molar-refractivity contribution in [2.75, 3.05) is 6.61 Å². The Kier molecular flexibility index (Phi) is 3.46. The molecule has 0 N–H and O–H groups in total. The van der Waals surface area contributed by atoms with E-state index in [-0.39, 0.29) is 5.41 Å². The fourth-order valence-electron chi connectivity index (χ4n) is 2.48. The van der Waals surface area contributed by atoms with E-state index in [1.165, 1.54) is 10.4 Å². The Morgan fingerprint density at radius 2 is 2.19 bits per heavy atom. The monoisotopic (exact) mass is 298 g/mol. The van der Waals surface area contributed by atoms with Crippen molar-refractivity contribution in [3.05, 3.63) is 33.6 Å². The molecule has 0 radical (unpaired) electrons. The highest BCUT2D eigenvalue weighted by molar-refractivity contribution is 7.12. The van der Waals surface area contributed by atoms with Crippen molar-refractivity contribution < 1.29 is 4.74 Å². The molecule has 0 atom stereocenters. The molecule has 0 saturated heterocycles. The van der Waals surface area contributed by atoms with Gasteiger partial charge in [-0.3, -0.25) is 0 Å². The van der Waals surface area contributed by atoms with Crippen molar-refractivity contribution in [1.82, 2.24) is 4.98 Å². The molecule has 1 aromatic carbocycles. The summed E-state index contributed by atoms with van der Waals surface area (Å²) in [5, 5.41) is 9.77. The lowest BCUT2D eigenvalue weighted by Crippen LogP contribution is -2.11. The first-order valence-corrected chi connectivity index (χ1v) is 7.94. The lowest BCUT2D eigenvalue weighted by atomic mass is 9.85. The largest absolute Gasteiger partial charge is 0.493 e. The topological polar surface area (TPSA) is 45.9 Å². The van der Waals surface area contributed by atoms with Crippen LogP contribution in [0, 0.1) is 11.3 Å². The van der Waals surface area contributed by atoms with Gasteiger partial charge in [-0.05, 0) is 23.1 Å². The summed E-state index contributed by atoms with van der Waals surface area (Å²) in [4.78, 5) is 5.91. The zero-order chi connectivity index (χ0) is 15.0. The Hall–Kier alpha value is -1.86. The fraction of sp³-hybridized carbons (Fsp3) is 0.412. The van der Waals surface area contributed by atoms with Gasteiger partial charge in [-0.25, -0.2) is 4.98 Å². The molecule has 0 unspecified atom stereocenters. The molecule has 1 aromatic heterocycles. The number of hydrogen-bond donors (Lipinski definition) is 0. The first-order valence-electron chi connectivity index (χ1n) is 7.12. The number of aromatic nitrogens is 1. The van der Waals surface area contributed by atoms with Gasteiger partial charge in [0.1, 0.15) is 10.8 Å². The second kappa shape index (κ2) is 5.16. The van der Waals surface area contributed by atoms with E-state index in [0.717, 1.165) is 28.4 Å². The predicted molar refractivity (Wildman–Crippen MR) is 84.8 cm³/mol. The number of nitrogens with zero attached hydrogens (tertiary/aromatic N) is 2. The van der Waals surface area contributed by atoms with E-state index in [2.05, 4.69) is 44.0 Å². The van der Waals surface area contributed by atoms with Crippen LogP contribution in [0.4, 0.5) is 0 Å². The molecule has 21 heavy (non-hydrogen) atoms. The third kappa shape index (κ3) is 2.66. The molecule has 0 aliphatic carbocycles. The molecule has 3 nitrogen and oxygen atoms in total. The van der Waals surface area contributed by atoms with Crippen LogP contribution in [0.3, 0.4) is 0 Å². The van der Waals surface area contributed by atoms with Crippen molar-refractivity contribution in [3.8, 4) is 23.1 Å². The van der Waals surface area contributed by atoms with Gasteiger partial charge < -0.3 is 4.74 Å². The standard InChI is InChI=1S/C17H18N2OS/c1-17(2,3)11-4-5-13-12(10-11)16-14(7-9-20-13)21-15(19-16)6-8-18/h4-5,10H,6-7,9H2,1-3H3. The van der Waals surface area contributed by atoms with Gasteiger partial charge in [-0.1, -0.05) is 26.8 Å². The van der Waals surface area contributed by atoms with Gasteiger partial charge in [0.05, 0.1) is 24.8 Å². The highest BCUT2D eigenvalue weighted by Crippen LogP contribution is 2.39. The first-order chi connectivity index (χ1) is 9.99. The van der Waals surface area contributed by atoms with Crippen molar-refractivity contribution in [1.29, 1.82) is 5.26 Å². The Labute approximate surface area is 129 Å². The molecule has 0 amide bonds. The number of fused-ring (bicyclic) bond motifs is 3. The predicted octanol–water partition coefficient (Wildman–Crippen LogP) is 4.11. The molecular weight excluding hydrogens is 280 g/mol. The van der Waals surface area contributed by atoms with Gasteiger partial charge in [-0.15, -0.1) is 11.3 Å². The molecule has 0 bridgehead atoms. The molecule has 2 heterocycles. The smallest absolute Gasteiger partial charge is 0.128 e. The molecular formula is C17H18N2OS. The summed E-state index contributed by atoms with van der Waals surface area (Å²) in [5.74, 6) is 0.899. The molecule has 1 aliphatic heterocycles. The first kappa shape index (κ1) is 14.1. The van der Waals surface area contributed by atoms with Crippen LogP contribution in [0.2, 0.25) is 0 Å². The Morgan fingerprint density at radius 1 is 1.38 bits per heavy atom. The molecule has 0 fully saturated rings. The minimum atomic E-state index is 0.0903. The van der Waals surface area contributed by atoms with Crippen LogP contribution >= 0.6 is 11.3 Å². The fourth-order valence-corrected chi connectivity index (χ4v) is 3.48. The number of hydrogen-bond acceptors (Lipinski definition) is 4. The number of rotatable bonds is 1. The van der Waals surface area contributed by atoms with Crippen LogP contribution in [0.5, 0.6) is 5.75 Å². The van der Waals surface area contributed by atoms with Crippen molar-refractivity contribution in [3.63, 3.8) is 0 Å². The van der Waals surface area contributed by atoms with E-state index in [4.69, 9.17) is 10.00 Å². The van der Waals surface area contributed by atoms with Gasteiger partial charge in [0.15, 0.2) is 0 Å². The van der Waals surface area contributed by atoms with Crippen molar-refractivity contribution >= 4 is 11.3 Å². The maximum Gasteiger partial charge on any atom is 0.128 e. The van der Waals surface area contributed by atoms with Crippen LogP contribution in [-0.4, -0.2) is 11.6 Å². The van der Waals surface area contributed by atoms with Crippen LogP contribution < -0.4 is 4.74 Å². The maximum absolute atomic E-state index is 8.87.